The van der Waals surface area contributed by atoms with Gasteiger partial charge in [-0.1, -0.05) is 6.07 Å². The number of aromatic nitrogens is 7. The molecule has 1 atom stereocenters. The monoisotopic (exact) mass is 547 g/mol. The number of halogens is 1. The van der Waals surface area contributed by atoms with Crippen LogP contribution in [0.5, 0.6) is 0 Å². The van der Waals surface area contributed by atoms with E-state index in [1.165, 1.54) is 10.9 Å². The highest BCUT2D eigenvalue weighted by atomic mass is 19.1. The maximum atomic E-state index is 13.6. The summed E-state index contributed by atoms with van der Waals surface area (Å²) in [5.41, 5.74) is 1.73. The summed E-state index contributed by atoms with van der Waals surface area (Å²) in [6.07, 6.45) is 6.62. The third-order valence-corrected chi connectivity index (χ3v) is 7.23. The SMILES string of the molecule is CCOC1(C(=O)N[C@@H](C)c2ccc(-n3cc(F)cn3)nc2)CCC(c2nc(C)cc(Nc3cc(C)[nH]n3)n2)CC1. The van der Waals surface area contributed by atoms with Gasteiger partial charge in [-0.25, -0.2) is 24.0 Å². The number of pyridine rings is 1. The first kappa shape index (κ1) is 27.4. The minimum absolute atomic E-state index is 0.115. The van der Waals surface area contributed by atoms with Crippen molar-refractivity contribution in [3.05, 3.63) is 71.4 Å². The van der Waals surface area contributed by atoms with Crippen molar-refractivity contribution in [2.75, 3.05) is 11.9 Å². The van der Waals surface area contributed by atoms with Crippen LogP contribution in [-0.4, -0.2) is 53.0 Å². The zero-order valence-corrected chi connectivity index (χ0v) is 23.1. The Hall–Kier alpha value is -4.19. The van der Waals surface area contributed by atoms with Gasteiger partial charge in [0.2, 0.25) is 0 Å². The van der Waals surface area contributed by atoms with Crippen molar-refractivity contribution in [2.45, 2.75) is 70.9 Å². The quantitative estimate of drug-likeness (QED) is 0.277. The van der Waals surface area contributed by atoms with Gasteiger partial charge < -0.3 is 15.4 Å². The molecular formula is C28H34FN9O2. The van der Waals surface area contributed by atoms with Crippen LogP contribution in [0.15, 0.2) is 42.9 Å². The lowest BCUT2D eigenvalue weighted by Gasteiger charge is -2.39. The van der Waals surface area contributed by atoms with E-state index in [0.717, 1.165) is 41.8 Å². The number of amides is 1. The fourth-order valence-electron chi connectivity index (χ4n) is 5.13. The smallest absolute Gasteiger partial charge is 0.252 e. The summed E-state index contributed by atoms with van der Waals surface area (Å²) in [7, 11) is 0. The minimum Gasteiger partial charge on any atom is -0.365 e. The van der Waals surface area contributed by atoms with E-state index in [9.17, 15) is 9.18 Å². The van der Waals surface area contributed by atoms with Gasteiger partial charge in [0.05, 0.1) is 18.4 Å². The van der Waals surface area contributed by atoms with Gasteiger partial charge in [0, 0.05) is 42.2 Å². The largest absolute Gasteiger partial charge is 0.365 e. The molecule has 0 aliphatic heterocycles. The summed E-state index contributed by atoms with van der Waals surface area (Å²) in [5, 5.41) is 17.4. The molecule has 4 heterocycles. The Bertz CT molecular complexity index is 1460. The normalized spacial score (nSPS) is 19.8. The lowest BCUT2D eigenvalue weighted by molar-refractivity contribution is -0.152. The number of nitrogens with one attached hydrogen (secondary N) is 3. The molecule has 5 rings (SSSR count). The Kier molecular flexibility index (Phi) is 7.88. The highest BCUT2D eigenvalue weighted by molar-refractivity contribution is 5.85. The number of carbonyl (C=O) groups excluding carboxylic acids is 1. The lowest BCUT2D eigenvalue weighted by atomic mass is 9.77. The molecule has 1 amide bonds. The van der Waals surface area contributed by atoms with Crippen molar-refractivity contribution >= 4 is 17.5 Å². The van der Waals surface area contributed by atoms with E-state index in [-0.39, 0.29) is 17.9 Å². The highest BCUT2D eigenvalue weighted by Gasteiger charge is 2.44. The van der Waals surface area contributed by atoms with Crippen molar-refractivity contribution in [3.8, 4) is 5.82 Å². The molecule has 11 nitrogen and oxygen atoms in total. The first-order valence-corrected chi connectivity index (χ1v) is 13.5. The van der Waals surface area contributed by atoms with E-state index < -0.39 is 11.4 Å². The molecule has 0 bridgehead atoms. The second kappa shape index (κ2) is 11.5. The maximum Gasteiger partial charge on any atom is 0.252 e. The van der Waals surface area contributed by atoms with Gasteiger partial charge >= 0.3 is 0 Å². The molecule has 12 heteroatoms. The number of nitrogens with zero attached hydrogens (tertiary/aromatic N) is 6. The number of anilines is 2. The van der Waals surface area contributed by atoms with Gasteiger partial charge in [-0.05, 0) is 65.0 Å². The standard InChI is InChI=1S/C28H34FN9O2/c1-5-40-28(27(39)33-19(4)21-6-7-25(30-14-21)38-16-22(29)15-31-38)10-8-20(9-11-28)26-32-17(2)12-23(35-26)34-24-13-18(3)36-37-24/h6-7,12-16,19-20H,5,8-11H2,1-4H3,(H,33,39)(H2,32,34,35,36,37)/t19-,20?,28?/m0/s1. The van der Waals surface area contributed by atoms with Gasteiger partial charge in [-0.3, -0.25) is 9.89 Å². The van der Waals surface area contributed by atoms with Crippen molar-refractivity contribution in [1.82, 2.24) is 40.2 Å². The second-order valence-electron chi connectivity index (χ2n) is 10.3. The lowest BCUT2D eigenvalue weighted by Crippen LogP contribution is -2.51. The molecule has 1 aliphatic rings. The number of hydrogen-bond acceptors (Lipinski definition) is 8. The predicted octanol–water partition coefficient (Wildman–Crippen LogP) is 4.59. The molecule has 210 valence electrons. The van der Waals surface area contributed by atoms with Gasteiger partial charge in [0.25, 0.3) is 5.91 Å². The summed E-state index contributed by atoms with van der Waals surface area (Å²) in [6, 6.07) is 7.11. The van der Waals surface area contributed by atoms with Crippen LogP contribution in [0, 0.1) is 19.7 Å². The van der Waals surface area contributed by atoms with Crippen LogP contribution in [-0.2, 0) is 9.53 Å². The molecule has 0 unspecified atom stereocenters. The topological polar surface area (TPSA) is 136 Å². The predicted molar refractivity (Wildman–Crippen MR) is 147 cm³/mol. The van der Waals surface area contributed by atoms with Crippen LogP contribution in [0.4, 0.5) is 16.0 Å². The van der Waals surface area contributed by atoms with E-state index >= 15 is 0 Å². The molecule has 40 heavy (non-hydrogen) atoms. The average Bonchev–Trinajstić information content (AvgIpc) is 3.56. The van der Waals surface area contributed by atoms with Crippen LogP contribution >= 0.6 is 0 Å². The molecule has 4 aromatic rings. The third kappa shape index (κ3) is 6.01. The van der Waals surface area contributed by atoms with E-state index in [1.807, 2.05) is 45.9 Å². The molecule has 0 radical (unpaired) electrons. The zero-order chi connectivity index (χ0) is 28.3. The maximum absolute atomic E-state index is 13.6. The molecule has 1 fully saturated rings. The summed E-state index contributed by atoms with van der Waals surface area (Å²) in [5.74, 6) is 2.19. The summed E-state index contributed by atoms with van der Waals surface area (Å²) >= 11 is 0. The number of aryl methyl sites for hydroxylation is 2. The fourth-order valence-corrected chi connectivity index (χ4v) is 5.13. The second-order valence-corrected chi connectivity index (χ2v) is 10.3. The van der Waals surface area contributed by atoms with E-state index in [2.05, 4.69) is 30.9 Å². The van der Waals surface area contributed by atoms with Crippen LogP contribution in [0.2, 0.25) is 0 Å². The van der Waals surface area contributed by atoms with Crippen LogP contribution in [0.25, 0.3) is 5.82 Å². The number of aromatic amines is 1. The molecule has 1 saturated carbocycles. The van der Waals surface area contributed by atoms with E-state index in [4.69, 9.17) is 14.7 Å². The van der Waals surface area contributed by atoms with Gasteiger partial charge in [-0.15, -0.1) is 0 Å². The number of hydrogen-bond donors (Lipinski definition) is 3. The van der Waals surface area contributed by atoms with Crippen LogP contribution in [0.1, 0.15) is 74.3 Å². The van der Waals surface area contributed by atoms with Gasteiger partial charge in [0.1, 0.15) is 17.2 Å². The molecule has 0 saturated heterocycles. The number of ether oxygens (including phenoxy) is 1. The molecule has 1 aliphatic carbocycles. The third-order valence-electron chi connectivity index (χ3n) is 7.23. The first-order chi connectivity index (χ1) is 19.2. The van der Waals surface area contributed by atoms with Crippen molar-refractivity contribution in [1.29, 1.82) is 0 Å². The molecule has 0 aromatic carbocycles. The Morgan fingerprint density at radius 3 is 2.62 bits per heavy atom. The molecular weight excluding hydrogens is 513 g/mol. The Balaban J connectivity index is 1.24. The molecule has 3 N–H and O–H groups in total. The Labute approximate surface area is 232 Å². The molecule has 0 spiro atoms. The van der Waals surface area contributed by atoms with E-state index in [1.54, 1.807) is 12.3 Å². The van der Waals surface area contributed by atoms with Gasteiger partial charge in [-0.2, -0.15) is 10.2 Å². The fraction of sp³-hybridized carbons (Fsp3) is 0.429. The summed E-state index contributed by atoms with van der Waals surface area (Å²) in [4.78, 5) is 27.4. The average molecular weight is 548 g/mol. The number of H-pyrrole nitrogens is 1. The summed E-state index contributed by atoms with van der Waals surface area (Å²) < 4.78 is 20.8. The van der Waals surface area contributed by atoms with Crippen molar-refractivity contribution < 1.29 is 13.9 Å². The number of rotatable bonds is 9. The van der Waals surface area contributed by atoms with E-state index in [0.29, 0.717) is 36.9 Å². The van der Waals surface area contributed by atoms with Crippen LogP contribution < -0.4 is 10.6 Å². The first-order valence-electron chi connectivity index (χ1n) is 13.5. The Morgan fingerprint density at radius 2 is 2.00 bits per heavy atom. The van der Waals surface area contributed by atoms with Crippen LogP contribution in [0.3, 0.4) is 0 Å². The molecule has 4 aromatic heterocycles. The highest BCUT2D eigenvalue weighted by Crippen LogP contribution is 2.40. The number of carbonyl (C=O) groups is 1. The van der Waals surface area contributed by atoms with Crippen molar-refractivity contribution in [3.63, 3.8) is 0 Å². The summed E-state index contributed by atoms with van der Waals surface area (Å²) in [6.45, 7) is 8.13. The minimum atomic E-state index is -0.920. The van der Waals surface area contributed by atoms with Crippen molar-refractivity contribution in [2.24, 2.45) is 0 Å². The zero-order valence-electron chi connectivity index (χ0n) is 23.1. The Morgan fingerprint density at radius 1 is 1.20 bits per heavy atom. The van der Waals surface area contributed by atoms with Gasteiger partial charge in [0.15, 0.2) is 17.5 Å².